The first-order valence-corrected chi connectivity index (χ1v) is 21.2. The number of hydrogen-bond donors (Lipinski definition) is 0. The summed E-state index contributed by atoms with van der Waals surface area (Å²) in [4.78, 5) is 15.4. The van der Waals surface area contributed by atoms with E-state index < -0.39 is 195 Å². The number of aromatic nitrogens is 1. The number of rotatable bonds is 7. The lowest BCUT2D eigenvalue weighted by atomic mass is 9.12. The maximum Gasteiger partial charge on any atom is 0.416 e. The molecule has 0 unspecified atom stereocenters. The average Bonchev–Trinajstić information content (AvgIpc) is 3.69. The summed E-state index contributed by atoms with van der Waals surface area (Å²) in [6, 6.07) is 8.70. The lowest BCUT2D eigenvalue weighted by Crippen LogP contribution is -2.75. The highest BCUT2D eigenvalue weighted by atomic mass is 32.1. The molecule has 2 nitrogen and oxygen atoms in total. The number of halogens is 24. The zero-order chi connectivity index (χ0) is 56.3. The second-order valence-corrected chi connectivity index (χ2v) is 17.5. The summed E-state index contributed by atoms with van der Waals surface area (Å²) in [5, 5.41) is 1.00. The Morgan fingerprint density at radius 2 is 0.613 bits per heavy atom. The van der Waals surface area contributed by atoms with E-state index in [-0.39, 0.29) is 5.78 Å². The van der Waals surface area contributed by atoms with Gasteiger partial charge in [-0.15, -0.1) is 0 Å². The number of benzene rings is 6. The van der Waals surface area contributed by atoms with Crippen molar-refractivity contribution in [1.29, 1.82) is 0 Å². The van der Waals surface area contributed by atoms with Crippen LogP contribution in [-0.4, -0.2) is 11.9 Å². The molecule has 0 bridgehead atoms. The molecule has 0 radical (unpaired) electrons. The molecule has 0 atom stereocenters. The van der Waals surface area contributed by atoms with E-state index in [2.05, 4.69) is 11.1 Å². The number of alkyl halides is 24. The number of para-hydroxylation sites is 1. The van der Waals surface area contributed by atoms with Gasteiger partial charge in [-0.3, -0.25) is 4.79 Å². The topological polar surface area (TPSA) is 31.2 Å². The number of ketones is 1. The number of H-pyrrole nitrogens is 1. The maximum atomic E-state index is 14.2. The number of nitrogens with one attached hydrogen (secondary N) is 1. The number of Topliss-reactive ketones (excluding diaryl/α,β-unsaturated/α-hetero) is 1. The van der Waals surface area contributed by atoms with E-state index in [9.17, 15) is 110 Å². The van der Waals surface area contributed by atoms with Crippen LogP contribution in [0, 0.1) is 0 Å². The molecule has 0 aliphatic carbocycles. The molecule has 0 amide bonds. The van der Waals surface area contributed by atoms with E-state index in [1.54, 1.807) is 11.3 Å². The van der Waals surface area contributed by atoms with Crippen molar-refractivity contribution in [1.82, 2.24) is 0 Å². The maximum absolute atomic E-state index is 14.2. The fraction of sp³-hybridized carbons (Fsp3) is 0.191. The van der Waals surface area contributed by atoms with Gasteiger partial charge < -0.3 is 0 Å². The molecule has 0 saturated heterocycles. The number of carbonyl (C=O) groups excluding carboxylic acids is 1. The highest BCUT2D eigenvalue weighted by molar-refractivity contribution is 7.20. The summed E-state index contributed by atoms with van der Waals surface area (Å²) >= 11 is 1.64. The van der Waals surface area contributed by atoms with Crippen molar-refractivity contribution >= 4 is 55.3 Å². The van der Waals surface area contributed by atoms with Crippen molar-refractivity contribution in [3.8, 4) is 0 Å². The summed E-state index contributed by atoms with van der Waals surface area (Å²) in [5.41, 5.74) is -28.3. The van der Waals surface area contributed by atoms with Crippen LogP contribution in [0.2, 0.25) is 0 Å². The lowest BCUT2D eigenvalue weighted by Gasteiger charge is -2.46. The van der Waals surface area contributed by atoms with Gasteiger partial charge in [0.15, 0.2) is 5.78 Å². The molecule has 1 N–H and O–H groups in total. The summed E-state index contributed by atoms with van der Waals surface area (Å²) < 4.78 is 342. The Labute approximate surface area is 408 Å². The molecule has 7 rings (SSSR count). The third-order valence-electron chi connectivity index (χ3n) is 11.3. The predicted octanol–water partition coefficient (Wildman–Crippen LogP) is 14.4. The van der Waals surface area contributed by atoms with E-state index in [1.165, 1.54) is 4.70 Å². The summed E-state index contributed by atoms with van der Waals surface area (Å²) in [6.45, 7) is 0. The minimum Gasteiger partial charge on any atom is -0.294 e. The van der Waals surface area contributed by atoms with Crippen molar-refractivity contribution in [2.75, 3.05) is 0 Å². The predicted molar refractivity (Wildman–Crippen MR) is 223 cm³/mol. The zero-order valence-electron chi connectivity index (χ0n) is 36.3. The minimum atomic E-state index is -6.13. The molecule has 0 saturated carbocycles. The Hall–Kier alpha value is -6.74. The van der Waals surface area contributed by atoms with Crippen molar-refractivity contribution in [3.05, 3.63) is 182 Å². The number of aromatic amines is 1. The molecule has 28 heteroatoms. The van der Waals surface area contributed by atoms with Gasteiger partial charge in [-0.05, 0) is 30.3 Å². The molecule has 7 aromatic rings. The van der Waals surface area contributed by atoms with Crippen molar-refractivity contribution < 1.29 is 115 Å². The van der Waals surface area contributed by atoms with Gasteiger partial charge in [0.25, 0.3) is 0 Å². The van der Waals surface area contributed by atoms with Crippen LogP contribution in [0.25, 0.3) is 10.2 Å². The molecule has 0 aliphatic rings. The fourth-order valence-corrected chi connectivity index (χ4v) is 9.00. The van der Waals surface area contributed by atoms with Crippen LogP contribution in [0.15, 0.2) is 127 Å². The number of fused-ring (bicyclic) bond motifs is 1. The van der Waals surface area contributed by atoms with Gasteiger partial charge in [0.2, 0.25) is 10.5 Å². The summed E-state index contributed by atoms with van der Waals surface area (Å²) in [7, 11) is 0. The van der Waals surface area contributed by atoms with Crippen molar-refractivity contribution in [2.45, 2.75) is 55.8 Å². The first kappa shape index (κ1) is 57.5. The highest BCUT2D eigenvalue weighted by Gasteiger charge is 2.47. The largest absolute Gasteiger partial charge is 0.416 e. The lowest BCUT2D eigenvalue weighted by molar-refractivity contribution is -0.349. The van der Waals surface area contributed by atoms with Gasteiger partial charge in [-0.2, -0.15) is 132 Å². The minimum absolute atomic E-state index is 0.151. The standard InChI is InChI=1S/C32H12BF24.C15H11NOS/c34-25(35,36)13-1-14(26(37,38)39)6-21(5-13)33(22-7-15(27(40,41)42)2-16(8-22)28(43,44)45,23-9-17(29(46,47)48)3-18(10-23)30(49,50)51)24-11-19(31(52,53)54)4-20(12-24)32(55,56)57;17-13(11-6-2-1-3-7-11)10-15-16-12-8-4-5-9-14(12)18-15/h1-12H;1-9H,10H2/q-1;/p+1. The van der Waals surface area contributed by atoms with Gasteiger partial charge in [0, 0.05) is 11.6 Å². The monoisotopic (exact) mass is 1120 g/mol. The van der Waals surface area contributed by atoms with Gasteiger partial charge in [-0.25, -0.2) is 0 Å². The molecule has 1 aromatic heterocycles. The molecular formula is C47H24BF24NOS. The fourth-order valence-electron chi connectivity index (χ4n) is 7.99. The van der Waals surface area contributed by atoms with Gasteiger partial charge >= 0.3 is 49.4 Å². The number of carbonyl (C=O) groups is 1. The van der Waals surface area contributed by atoms with E-state index in [0.29, 0.717) is 6.42 Å². The van der Waals surface area contributed by atoms with E-state index in [1.807, 2.05) is 48.5 Å². The van der Waals surface area contributed by atoms with Crippen LogP contribution in [0.4, 0.5) is 105 Å². The second kappa shape index (κ2) is 19.8. The molecule has 1 heterocycles. The Bertz CT molecular complexity index is 2740. The SMILES string of the molecule is FC(F)(F)c1cc([B-](c2cc(C(F)(F)F)cc(C(F)(F)F)c2)(c2cc(C(F)(F)F)cc(C(F)(F)F)c2)c2cc(C(F)(F)F)cc(C(F)(F)F)c2)cc(C(F)(F)F)c1.O=C(Cc1[nH+]c2ccccc2s1)c1ccccc1. The van der Waals surface area contributed by atoms with E-state index in [4.69, 9.17) is 0 Å². The molecule has 6 aromatic carbocycles. The van der Waals surface area contributed by atoms with Crippen molar-refractivity contribution in [2.24, 2.45) is 0 Å². The Balaban J connectivity index is 0.000000421. The Morgan fingerprint density at radius 3 is 0.867 bits per heavy atom. The molecule has 400 valence electrons. The van der Waals surface area contributed by atoms with Crippen LogP contribution < -0.4 is 26.8 Å². The van der Waals surface area contributed by atoms with Crippen LogP contribution in [0.5, 0.6) is 0 Å². The van der Waals surface area contributed by atoms with E-state index in [0.717, 1.165) is 16.1 Å². The molecule has 0 fully saturated rings. The van der Waals surface area contributed by atoms with Crippen LogP contribution in [-0.2, 0) is 55.8 Å². The quantitative estimate of drug-likeness (QED) is 0.0889. The first-order chi connectivity index (χ1) is 34.1. The average molecular weight is 1120 g/mol. The number of thiazole rings is 1. The summed E-state index contributed by atoms with van der Waals surface area (Å²) in [6.07, 6.45) is -54.4. The van der Waals surface area contributed by atoms with Gasteiger partial charge in [-0.1, -0.05) is 102 Å². The van der Waals surface area contributed by atoms with Crippen LogP contribution >= 0.6 is 11.3 Å². The van der Waals surface area contributed by atoms with E-state index >= 15 is 0 Å². The van der Waals surface area contributed by atoms with Gasteiger partial charge in [0.05, 0.1) is 44.5 Å². The Kier molecular flexibility index (Phi) is 15.2. The molecule has 75 heavy (non-hydrogen) atoms. The Morgan fingerprint density at radius 1 is 0.360 bits per heavy atom. The molecular weight excluding hydrogens is 1090 g/mol. The van der Waals surface area contributed by atoms with Crippen LogP contribution in [0.1, 0.15) is 59.9 Å². The third-order valence-corrected chi connectivity index (χ3v) is 12.3. The highest BCUT2D eigenvalue weighted by Crippen LogP contribution is 2.41. The second-order valence-electron chi connectivity index (χ2n) is 16.3. The van der Waals surface area contributed by atoms with Gasteiger partial charge in [0.1, 0.15) is 17.3 Å². The smallest absolute Gasteiger partial charge is 0.294 e. The zero-order valence-corrected chi connectivity index (χ0v) is 37.1. The molecule has 0 spiro atoms. The first-order valence-electron chi connectivity index (χ1n) is 20.4. The number of hydrogen-bond acceptors (Lipinski definition) is 2. The third kappa shape index (κ3) is 13.0. The molecule has 0 aliphatic heterocycles. The summed E-state index contributed by atoms with van der Waals surface area (Å²) in [5.74, 6) is 0.151. The van der Waals surface area contributed by atoms with Crippen molar-refractivity contribution in [3.63, 3.8) is 0 Å². The van der Waals surface area contributed by atoms with Crippen LogP contribution in [0.3, 0.4) is 0 Å². The normalized spacial score (nSPS) is 13.4.